The number of nitrogens with zero attached hydrogens (tertiary/aromatic N) is 1. The summed E-state index contributed by atoms with van der Waals surface area (Å²) in [4.78, 5) is 24.5. The lowest BCUT2D eigenvalue weighted by Gasteiger charge is -2.38. The highest BCUT2D eigenvalue weighted by atomic mass is 16.4. The molecule has 2 atom stereocenters. The van der Waals surface area contributed by atoms with Gasteiger partial charge in [-0.25, -0.2) is 0 Å². The van der Waals surface area contributed by atoms with Gasteiger partial charge >= 0.3 is 5.97 Å². The van der Waals surface area contributed by atoms with Crippen LogP contribution in [0.3, 0.4) is 0 Å². The second-order valence-electron chi connectivity index (χ2n) is 5.57. The number of benzene rings is 1. The van der Waals surface area contributed by atoms with Crippen LogP contribution in [0.1, 0.15) is 24.3 Å². The molecule has 100 valence electrons. The highest BCUT2D eigenvalue weighted by Gasteiger charge is 2.47. The molecule has 2 fully saturated rings. The lowest BCUT2D eigenvalue weighted by Crippen LogP contribution is -2.51. The summed E-state index contributed by atoms with van der Waals surface area (Å²) < 4.78 is 0. The van der Waals surface area contributed by atoms with E-state index in [1.807, 2.05) is 18.2 Å². The van der Waals surface area contributed by atoms with Crippen LogP contribution in [0.25, 0.3) is 0 Å². The SMILES string of the molecule is O=C(O)CC1CN(C(=O)C2CC2c2ccccc2)C1. The number of rotatable bonds is 4. The summed E-state index contributed by atoms with van der Waals surface area (Å²) in [7, 11) is 0. The Morgan fingerprint density at radius 3 is 2.53 bits per heavy atom. The van der Waals surface area contributed by atoms with Gasteiger partial charge in [0.1, 0.15) is 0 Å². The number of aliphatic carboxylic acids is 1. The molecule has 1 heterocycles. The molecule has 4 nitrogen and oxygen atoms in total. The highest BCUT2D eigenvalue weighted by Crippen LogP contribution is 2.49. The van der Waals surface area contributed by atoms with Crippen LogP contribution in [-0.4, -0.2) is 35.0 Å². The van der Waals surface area contributed by atoms with Crippen molar-refractivity contribution < 1.29 is 14.7 Å². The second-order valence-corrected chi connectivity index (χ2v) is 5.57. The molecule has 0 aromatic heterocycles. The quantitative estimate of drug-likeness (QED) is 0.895. The molecule has 1 saturated carbocycles. The summed E-state index contributed by atoms with van der Waals surface area (Å²) >= 11 is 0. The number of carboxylic acid groups (broad SMARTS) is 1. The topological polar surface area (TPSA) is 57.6 Å². The Balaban J connectivity index is 1.50. The van der Waals surface area contributed by atoms with E-state index in [4.69, 9.17) is 5.11 Å². The summed E-state index contributed by atoms with van der Waals surface area (Å²) in [6.07, 6.45) is 1.11. The van der Waals surface area contributed by atoms with E-state index in [1.54, 1.807) is 4.90 Å². The third-order valence-corrected chi connectivity index (χ3v) is 4.07. The Morgan fingerprint density at radius 2 is 1.89 bits per heavy atom. The number of carboxylic acids is 1. The largest absolute Gasteiger partial charge is 0.481 e. The fraction of sp³-hybridized carbons (Fsp3) is 0.467. The lowest BCUT2D eigenvalue weighted by atomic mass is 9.95. The van der Waals surface area contributed by atoms with Crippen molar-refractivity contribution in [3.8, 4) is 0 Å². The molecule has 1 aromatic carbocycles. The minimum Gasteiger partial charge on any atom is -0.481 e. The molecule has 1 aliphatic carbocycles. The zero-order chi connectivity index (χ0) is 13.4. The van der Waals surface area contributed by atoms with E-state index in [0.717, 1.165) is 6.42 Å². The van der Waals surface area contributed by atoms with Gasteiger partial charge in [0.25, 0.3) is 0 Å². The van der Waals surface area contributed by atoms with Gasteiger partial charge in [-0.15, -0.1) is 0 Å². The Bertz CT molecular complexity index is 493. The van der Waals surface area contributed by atoms with Gasteiger partial charge in [0, 0.05) is 24.9 Å². The van der Waals surface area contributed by atoms with Crippen molar-refractivity contribution in [1.82, 2.24) is 4.90 Å². The maximum Gasteiger partial charge on any atom is 0.303 e. The third kappa shape index (κ3) is 2.48. The summed E-state index contributed by atoms with van der Waals surface area (Å²) in [5.41, 5.74) is 1.24. The number of likely N-dealkylation sites (tertiary alicyclic amines) is 1. The first-order valence-corrected chi connectivity index (χ1v) is 6.70. The van der Waals surface area contributed by atoms with Crippen molar-refractivity contribution in [1.29, 1.82) is 0 Å². The van der Waals surface area contributed by atoms with Gasteiger partial charge in [-0.05, 0) is 17.9 Å². The van der Waals surface area contributed by atoms with Gasteiger partial charge < -0.3 is 10.0 Å². The fourth-order valence-electron chi connectivity index (χ4n) is 2.90. The van der Waals surface area contributed by atoms with Crippen LogP contribution in [0, 0.1) is 11.8 Å². The van der Waals surface area contributed by atoms with Gasteiger partial charge in [0.15, 0.2) is 0 Å². The van der Waals surface area contributed by atoms with E-state index in [9.17, 15) is 9.59 Å². The summed E-state index contributed by atoms with van der Waals surface area (Å²) in [6, 6.07) is 10.1. The van der Waals surface area contributed by atoms with E-state index < -0.39 is 5.97 Å². The average Bonchev–Trinajstić information content (AvgIpc) is 3.13. The van der Waals surface area contributed by atoms with Gasteiger partial charge in [0.05, 0.1) is 6.42 Å². The van der Waals surface area contributed by atoms with Crippen LogP contribution < -0.4 is 0 Å². The van der Waals surface area contributed by atoms with E-state index in [0.29, 0.717) is 19.0 Å². The Kier molecular flexibility index (Phi) is 3.01. The number of hydrogen-bond donors (Lipinski definition) is 1. The molecule has 0 spiro atoms. The van der Waals surface area contributed by atoms with Gasteiger partial charge in [-0.1, -0.05) is 30.3 Å². The maximum atomic E-state index is 12.2. The van der Waals surface area contributed by atoms with Gasteiger partial charge in [0.2, 0.25) is 5.91 Å². The lowest BCUT2D eigenvalue weighted by molar-refractivity contribution is -0.145. The normalized spacial score (nSPS) is 25.8. The van der Waals surface area contributed by atoms with Crippen molar-refractivity contribution in [2.45, 2.75) is 18.8 Å². The molecular formula is C15H17NO3. The molecule has 1 aliphatic heterocycles. The number of carbonyl (C=O) groups excluding carboxylic acids is 1. The highest BCUT2D eigenvalue weighted by molar-refractivity contribution is 5.84. The first kappa shape index (κ1) is 12.2. The van der Waals surface area contributed by atoms with Crippen LogP contribution in [0.4, 0.5) is 0 Å². The van der Waals surface area contributed by atoms with E-state index >= 15 is 0 Å². The van der Waals surface area contributed by atoms with Crippen molar-refractivity contribution in [2.24, 2.45) is 11.8 Å². The predicted octanol–water partition coefficient (Wildman–Crippen LogP) is 1.72. The molecule has 4 heteroatoms. The number of carbonyl (C=O) groups is 2. The van der Waals surface area contributed by atoms with E-state index in [2.05, 4.69) is 12.1 Å². The van der Waals surface area contributed by atoms with Crippen molar-refractivity contribution in [2.75, 3.05) is 13.1 Å². The summed E-state index contributed by atoms with van der Waals surface area (Å²) in [5.74, 6) is 0.0666. The second kappa shape index (κ2) is 4.68. The minimum atomic E-state index is -0.773. The zero-order valence-corrected chi connectivity index (χ0v) is 10.7. The number of hydrogen-bond acceptors (Lipinski definition) is 2. The van der Waals surface area contributed by atoms with Crippen LogP contribution in [0.15, 0.2) is 30.3 Å². The average molecular weight is 259 g/mol. The van der Waals surface area contributed by atoms with Gasteiger partial charge in [-0.3, -0.25) is 9.59 Å². The van der Waals surface area contributed by atoms with E-state index in [-0.39, 0.29) is 24.2 Å². The first-order valence-electron chi connectivity index (χ1n) is 6.70. The molecule has 0 bridgehead atoms. The Labute approximate surface area is 112 Å². The first-order chi connectivity index (χ1) is 9.15. The molecule has 1 amide bonds. The number of amides is 1. The third-order valence-electron chi connectivity index (χ3n) is 4.07. The van der Waals surface area contributed by atoms with Crippen molar-refractivity contribution in [3.05, 3.63) is 35.9 Å². The molecule has 2 aliphatic rings. The predicted molar refractivity (Wildman–Crippen MR) is 69.6 cm³/mol. The van der Waals surface area contributed by atoms with Crippen LogP contribution >= 0.6 is 0 Å². The molecule has 3 rings (SSSR count). The molecule has 19 heavy (non-hydrogen) atoms. The van der Waals surface area contributed by atoms with Crippen LogP contribution in [-0.2, 0) is 9.59 Å². The molecule has 1 N–H and O–H groups in total. The minimum absolute atomic E-state index is 0.119. The monoisotopic (exact) mass is 259 g/mol. The van der Waals surface area contributed by atoms with E-state index in [1.165, 1.54) is 5.56 Å². The molecule has 1 saturated heterocycles. The Morgan fingerprint density at radius 1 is 1.21 bits per heavy atom. The molecular weight excluding hydrogens is 242 g/mol. The standard InChI is InChI=1S/C15H17NO3/c17-14(18)6-10-8-16(9-10)15(19)13-7-12(13)11-4-2-1-3-5-11/h1-5,10,12-13H,6-9H2,(H,17,18). The van der Waals surface area contributed by atoms with Crippen LogP contribution in [0.2, 0.25) is 0 Å². The van der Waals surface area contributed by atoms with Crippen LogP contribution in [0.5, 0.6) is 0 Å². The molecule has 0 radical (unpaired) electrons. The van der Waals surface area contributed by atoms with Crippen molar-refractivity contribution in [3.63, 3.8) is 0 Å². The maximum absolute atomic E-state index is 12.2. The molecule has 1 aromatic rings. The molecule has 2 unspecified atom stereocenters. The summed E-state index contributed by atoms with van der Waals surface area (Å²) in [5, 5.41) is 8.68. The van der Waals surface area contributed by atoms with Crippen molar-refractivity contribution >= 4 is 11.9 Å². The smallest absolute Gasteiger partial charge is 0.303 e. The fourth-order valence-corrected chi connectivity index (χ4v) is 2.90. The Hall–Kier alpha value is -1.84. The summed E-state index contributed by atoms with van der Waals surface area (Å²) in [6.45, 7) is 1.23. The van der Waals surface area contributed by atoms with Gasteiger partial charge in [-0.2, -0.15) is 0 Å². The zero-order valence-electron chi connectivity index (χ0n) is 10.7.